The van der Waals surface area contributed by atoms with E-state index in [2.05, 4.69) is 15.5 Å². The van der Waals surface area contributed by atoms with Crippen LogP contribution in [-0.2, 0) is 16.1 Å². The maximum absolute atomic E-state index is 10.4. The van der Waals surface area contributed by atoms with Gasteiger partial charge in [-0.05, 0) is 6.07 Å². The molecule has 0 spiro atoms. The Morgan fingerprint density at radius 3 is 2.96 bits per heavy atom. The zero-order valence-electron chi connectivity index (χ0n) is 14.0. The second-order valence-electron chi connectivity index (χ2n) is 5.89. The number of hydrogen-bond donors (Lipinski definition) is 1. The van der Waals surface area contributed by atoms with Crippen LogP contribution >= 0.6 is 0 Å². The first-order chi connectivity index (χ1) is 12.0. The van der Waals surface area contributed by atoms with E-state index in [9.17, 15) is 15.0 Å². The first-order valence-corrected chi connectivity index (χ1v) is 7.90. The Morgan fingerprint density at radius 2 is 2.28 bits per heavy atom. The Balaban J connectivity index is 1.98. The molecule has 1 aliphatic rings. The third kappa shape index (κ3) is 5.75. The van der Waals surface area contributed by atoms with E-state index in [1.54, 1.807) is 18.2 Å². The van der Waals surface area contributed by atoms with Gasteiger partial charge in [0.05, 0.1) is 0 Å². The fourth-order valence-corrected chi connectivity index (χ4v) is 2.41. The lowest BCUT2D eigenvalue weighted by atomic mass is 10.0. The Morgan fingerprint density at radius 1 is 1.48 bits per heavy atom. The van der Waals surface area contributed by atoms with E-state index in [0.717, 1.165) is 5.56 Å². The SMILES string of the molecule is CC(C)NCC(COc1cccc2c1OCC(O[N+](=O)[O-])C2)ON=O. The molecule has 138 valence electrons. The van der Waals surface area contributed by atoms with Gasteiger partial charge in [-0.3, -0.25) is 0 Å². The Kier molecular flexibility index (Phi) is 6.75. The molecule has 0 fully saturated rings. The molecule has 0 saturated heterocycles. The maximum atomic E-state index is 10.4. The summed E-state index contributed by atoms with van der Waals surface area (Å²) in [7, 11) is 0. The van der Waals surface area contributed by atoms with Crippen molar-refractivity contribution in [2.75, 3.05) is 19.8 Å². The van der Waals surface area contributed by atoms with Gasteiger partial charge in [-0.1, -0.05) is 26.0 Å². The molecule has 0 saturated carbocycles. The number of nitrogens with zero attached hydrogens (tertiary/aromatic N) is 2. The molecular weight excluding hydrogens is 334 g/mol. The largest absolute Gasteiger partial charge is 0.487 e. The normalized spacial score (nSPS) is 17.2. The predicted molar refractivity (Wildman–Crippen MR) is 86.8 cm³/mol. The molecule has 2 rings (SSSR count). The lowest BCUT2D eigenvalue weighted by molar-refractivity contribution is -0.769. The molecule has 0 bridgehead atoms. The van der Waals surface area contributed by atoms with Gasteiger partial charge in [-0.15, -0.1) is 15.0 Å². The molecule has 10 heteroatoms. The number of nitrogens with one attached hydrogen (secondary N) is 1. The van der Waals surface area contributed by atoms with E-state index in [0.29, 0.717) is 24.5 Å². The van der Waals surface area contributed by atoms with E-state index < -0.39 is 17.3 Å². The summed E-state index contributed by atoms with van der Waals surface area (Å²) in [5.74, 6) is 0.987. The van der Waals surface area contributed by atoms with Crippen molar-refractivity contribution in [3.63, 3.8) is 0 Å². The Bertz CT molecular complexity index is 596. The standard InChI is InChI=1S/C15H21N3O7/c1-10(2)16-7-13(24-17-19)9-22-14-5-3-4-11-6-12(25-18(20)21)8-23-15(11)14/h3-5,10,12-13,16H,6-9H2,1-2H3. The Labute approximate surface area is 144 Å². The molecule has 1 N–H and O–H groups in total. The average molecular weight is 355 g/mol. The molecule has 2 atom stereocenters. The van der Waals surface area contributed by atoms with E-state index >= 15 is 0 Å². The second-order valence-corrected chi connectivity index (χ2v) is 5.89. The van der Waals surface area contributed by atoms with Crippen molar-refractivity contribution in [2.45, 2.75) is 38.5 Å². The lowest BCUT2D eigenvalue weighted by Crippen LogP contribution is -2.36. The molecule has 10 nitrogen and oxygen atoms in total. The molecular formula is C15H21N3O7. The van der Waals surface area contributed by atoms with Crippen LogP contribution in [0.15, 0.2) is 23.5 Å². The molecule has 2 unspecified atom stereocenters. The highest BCUT2D eigenvalue weighted by Crippen LogP contribution is 2.35. The van der Waals surface area contributed by atoms with Gasteiger partial charge in [0.15, 0.2) is 22.9 Å². The fraction of sp³-hybridized carbons (Fsp3) is 0.600. The van der Waals surface area contributed by atoms with E-state index in [1.807, 2.05) is 13.8 Å². The first kappa shape index (κ1) is 18.7. The molecule has 0 amide bonds. The fourth-order valence-electron chi connectivity index (χ4n) is 2.41. The summed E-state index contributed by atoms with van der Waals surface area (Å²) in [6.07, 6.45) is -0.855. The van der Waals surface area contributed by atoms with Gasteiger partial charge in [0.2, 0.25) is 0 Å². The van der Waals surface area contributed by atoms with Gasteiger partial charge in [-0.2, -0.15) is 0 Å². The van der Waals surface area contributed by atoms with Crippen LogP contribution in [0, 0.1) is 15.0 Å². The number of benzene rings is 1. The number of ether oxygens (including phenoxy) is 2. The predicted octanol–water partition coefficient (Wildman–Crippen LogP) is 1.64. The number of hydrogen-bond acceptors (Lipinski definition) is 9. The summed E-state index contributed by atoms with van der Waals surface area (Å²) in [4.78, 5) is 30.1. The molecule has 1 aromatic rings. The molecule has 1 heterocycles. The van der Waals surface area contributed by atoms with Gasteiger partial charge in [0, 0.05) is 24.6 Å². The van der Waals surface area contributed by atoms with Crippen molar-refractivity contribution in [2.24, 2.45) is 5.34 Å². The lowest BCUT2D eigenvalue weighted by Gasteiger charge is -2.26. The zero-order valence-corrected chi connectivity index (χ0v) is 14.0. The van der Waals surface area contributed by atoms with E-state index in [1.165, 1.54) is 0 Å². The Hall–Kier alpha value is -2.62. The minimum Gasteiger partial charge on any atom is -0.487 e. The van der Waals surface area contributed by atoms with Crippen LogP contribution in [0.1, 0.15) is 19.4 Å². The van der Waals surface area contributed by atoms with Gasteiger partial charge in [0.25, 0.3) is 5.09 Å². The van der Waals surface area contributed by atoms with Crippen molar-refractivity contribution in [3.8, 4) is 11.5 Å². The van der Waals surface area contributed by atoms with Crippen LogP contribution in [0.2, 0.25) is 0 Å². The minimum atomic E-state index is -0.824. The molecule has 0 aromatic heterocycles. The molecule has 0 aliphatic carbocycles. The third-order valence-corrected chi connectivity index (χ3v) is 3.53. The summed E-state index contributed by atoms with van der Waals surface area (Å²) in [5, 5.41) is 15.2. The molecule has 1 aromatic carbocycles. The second kappa shape index (κ2) is 9.02. The van der Waals surface area contributed by atoms with Crippen molar-refractivity contribution >= 4 is 0 Å². The summed E-state index contributed by atoms with van der Waals surface area (Å²) >= 11 is 0. The smallest absolute Gasteiger partial charge is 0.294 e. The monoisotopic (exact) mass is 355 g/mol. The highest BCUT2D eigenvalue weighted by atomic mass is 17.0. The molecule has 25 heavy (non-hydrogen) atoms. The van der Waals surface area contributed by atoms with Crippen LogP contribution in [0.5, 0.6) is 11.5 Å². The number of fused-ring (bicyclic) bond motifs is 1. The highest BCUT2D eigenvalue weighted by Gasteiger charge is 2.26. The summed E-state index contributed by atoms with van der Waals surface area (Å²) in [6.45, 7) is 4.49. The van der Waals surface area contributed by atoms with Gasteiger partial charge < -0.3 is 24.5 Å². The van der Waals surface area contributed by atoms with Crippen LogP contribution < -0.4 is 14.8 Å². The van der Waals surface area contributed by atoms with Crippen LogP contribution in [-0.4, -0.2) is 43.1 Å². The van der Waals surface area contributed by atoms with E-state index in [4.69, 9.17) is 14.3 Å². The first-order valence-electron chi connectivity index (χ1n) is 7.90. The molecule has 1 aliphatic heterocycles. The average Bonchev–Trinajstić information content (AvgIpc) is 2.56. The van der Waals surface area contributed by atoms with Crippen molar-refractivity contribution in [3.05, 3.63) is 38.8 Å². The number of para-hydroxylation sites is 1. The summed E-state index contributed by atoms with van der Waals surface area (Å²) in [6, 6.07) is 5.49. The number of rotatable bonds is 10. The maximum Gasteiger partial charge on any atom is 0.294 e. The van der Waals surface area contributed by atoms with Crippen LogP contribution in [0.3, 0.4) is 0 Å². The van der Waals surface area contributed by atoms with Crippen LogP contribution in [0.4, 0.5) is 0 Å². The summed E-state index contributed by atoms with van der Waals surface area (Å²) in [5.41, 5.74) is 0.752. The molecule has 0 radical (unpaired) electrons. The van der Waals surface area contributed by atoms with Crippen LogP contribution in [0.25, 0.3) is 0 Å². The van der Waals surface area contributed by atoms with Gasteiger partial charge >= 0.3 is 0 Å². The third-order valence-electron chi connectivity index (χ3n) is 3.53. The zero-order chi connectivity index (χ0) is 18.2. The quantitative estimate of drug-likeness (QED) is 0.382. The van der Waals surface area contributed by atoms with E-state index in [-0.39, 0.29) is 19.3 Å². The summed E-state index contributed by atoms with van der Waals surface area (Å²) < 4.78 is 11.3. The van der Waals surface area contributed by atoms with Crippen molar-refractivity contribution < 1.29 is 24.2 Å². The van der Waals surface area contributed by atoms with Crippen molar-refractivity contribution in [1.29, 1.82) is 0 Å². The van der Waals surface area contributed by atoms with Crippen molar-refractivity contribution in [1.82, 2.24) is 5.32 Å². The minimum absolute atomic E-state index is 0.0546. The van der Waals surface area contributed by atoms with Gasteiger partial charge in [0.1, 0.15) is 19.3 Å². The highest BCUT2D eigenvalue weighted by molar-refractivity contribution is 5.48. The van der Waals surface area contributed by atoms with Gasteiger partial charge in [-0.25, -0.2) is 0 Å². The topological polar surface area (TPSA) is 122 Å².